The number of aliphatic carboxylic acids is 1. The highest BCUT2D eigenvalue weighted by Gasteiger charge is 2.16. The Morgan fingerprint density at radius 1 is 1.40 bits per heavy atom. The molecule has 0 aliphatic rings. The molecule has 0 spiro atoms. The van der Waals surface area contributed by atoms with Crippen molar-refractivity contribution in [3.05, 3.63) is 35.4 Å². The van der Waals surface area contributed by atoms with Gasteiger partial charge in [-0.3, -0.25) is 4.79 Å². The van der Waals surface area contributed by atoms with E-state index in [9.17, 15) is 4.79 Å². The molecule has 2 nitrogen and oxygen atoms in total. The minimum atomic E-state index is -0.713. The zero-order valence-electron chi connectivity index (χ0n) is 9.53. The van der Waals surface area contributed by atoms with Crippen LogP contribution in [0.5, 0.6) is 0 Å². The van der Waals surface area contributed by atoms with Crippen LogP contribution in [0.25, 0.3) is 0 Å². The highest BCUT2D eigenvalue weighted by Crippen LogP contribution is 2.23. The fourth-order valence-corrected chi connectivity index (χ4v) is 1.74. The second-order valence-electron chi connectivity index (χ2n) is 4.29. The second-order valence-corrected chi connectivity index (χ2v) is 4.29. The van der Waals surface area contributed by atoms with Crippen molar-refractivity contribution in [2.45, 2.75) is 33.1 Å². The lowest BCUT2D eigenvalue weighted by molar-refractivity contribution is -0.141. The molecule has 1 aromatic rings. The number of hydrogen-bond acceptors (Lipinski definition) is 1. The van der Waals surface area contributed by atoms with Crippen LogP contribution in [-0.2, 0) is 4.79 Å². The summed E-state index contributed by atoms with van der Waals surface area (Å²) in [6.07, 6.45) is 0.693. The second kappa shape index (κ2) is 4.96. The van der Waals surface area contributed by atoms with Gasteiger partial charge in [-0.2, -0.15) is 0 Å². The van der Waals surface area contributed by atoms with Crippen LogP contribution in [0, 0.1) is 12.8 Å². The first-order valence-electron chi connectivity index (χ1n) is 5.30. The van der Waals surface area contributed by atoms with Crippen LogP contribution in [0.4, 0.5) is 0 Å². The summed E-state index contributed by atoms with van der Waals surface area (Å²) in [6.45, 7) is 5.89. The Bertz CT molecular complexity index is 344. The number of hydrogen-bond donors (Lipinski definition) is 1. The molecule has 0 saturated heterocycles. The van der Waals surface area contributed by atoms with Crippen molar-refractivity contribution in [1.82, 2.24) is 0 Å². The predicted octanol–water partition coefficient (Wildman–Crippen LogP) is 3.21. The third-order valence-electron chi connectivity index (χ3n) is 2.74. The smallest absolute Gasteiger partial charge is 0.306 e. The number of aryl methyl sites for hydroxylation is 1. The molecule has 0 bridgehead atoms. The molecule has 2 unspecified atom stereocenters. The van der Waals surface area contributed by atoms with Crippen LogP contribution in [0.3, 0.4) is 0 Å². The van der Waals surface area contributed by atoms with E-state index in [1.54, 1.807) is 6.92 Å². The molecule has 0 aromatic heterocycles. The lowest BCUT2D eigenvalue weighted by Crippen LogP contribution is -2.12. The molecule has 0 saturated carbocycles. The van der Waals surface area contributed by atoms with Gasteiger partial charge in [0.05, 0.1) is 5.92 Å². The molecule has 15 heavy (non-hydrogen) atoms. The van der Waals surface area contributed by atoms with Crippen LogP contribution in [0.1, 0.15) is 37.3 Å². The van der Waals surface area contributed by atoms with Gasteiger partial charge in [-0.15, -0.1) is 0 Å². The predicted molar refractivity (Wildman–Crippen MR) is 61.0 cm³/mol. The molecule has 1 rings (SSSR count). The van der Waals surface area contributed by atoms with Crippen LogP contribution in [0.15, 0.2) is 24.3 Å². The van der Waals surface area contributed by atoms with E-state index in [2.05, 4.69) is 32.0 Å². The van der Waals surface area contributed by atoms with E-state index in [4.69, 9.17) is 5.11 Å². The Labute approximate surface area is 90.9 Å². The molecule has 2 atom stereocenters. The van der Waals surface area contributed by atoms with Gasteiger partial charge in [0.25, 0.3) is 0 Å². The van der Waals surface area contributed by atoms with Gasteiger partial charge >= 0.3 is 5.97 Å². The van der Waals surface area contributed by atoms with Gasteiger partial charge in [-0.25, -0.2) is 0 Å². The molecular formula is C13H18O2. The Hall–Kier alpha value is -1.31. The van der Waals surface area contributed by atoms with Gasteiger partial charge in [0.2, 0.25) is 0 Å². The Balaban J connectivity index is 2.68. The van der Waals surface area contributed by atoms with Crippen molar-refractivity contribution in [3.8, 4) is 0 Å². The maximum absolute atomic E-state index is 10.7. The van der Waals surface area contributed by atoms with Crippen LogP contribution < -0.4 is 0 Å². The van der Waals surface area contributed by atoms with Crippen molar-refractivity contribution in [2.24, 2.45) is 5.92 Å². The van der Waals surface area contributed by atoms with Gasteiger partial charge in [0, 0.05) is 0 Å². The summed E-state index contributed by atoms with van der Waals surface area (Å²) in [6, 6.07) is 8.26. The highest BCUT2D eigenvalue weighted by molar-refractivity contribution is 5.69. The van der Waals surface area contributed by atoms with Crippen LogP contribution in [-0.4, -0.2) is 11.1 Å². The van der Waals surface area contributed by atoms with E-state index in [0.29, 0.717) is 12.3 Å². The van der Waals surface area contributed by atoms with E-state index in [1.807, 2.05) is 6.07 Å². The van der Waals surface area contributed by atoms with Gasteiger partial charge in [0.1, 0.15) is 0 Å². The molecule has 1 N–H and O–H groups in total. The molecule has 2 heteroatoms. The minimum Gasteiger partial charge on any atom is -0.481 e. The van der Waals surface area contributed by atoms with E-state index in [0.717, 1.165) is 0 Å². The number of benzene rings is 1. The molecule has 82 valence electrons. The van der Waals surface area contributed by atoms with Crippen molar-refractivity contribution in [1.29, 1.82) is 0 Å². The molecular weight excluding hydrogens is 188 g/mol. The normalized spacial score (nSPS) is 14.6. The van der Waals surface area contributed by atoms with Crippen molar-refractivity contribution >= 4 is 5.97 Å². The summed E-state index contributed by atoms with van der Waals surface area (Å²) in [4.78, 5) is 10.7. The Kier molecular flexibility index (Phi) is 3.89. The third-order valence-corrected chi connectivity index (χ3v) is 2.74. The molecule has 0 amide bonds. The standard InChI is InChI=1S/C13H18O2/c1-9-5-4-6-12(7-9)10(2)8-11(3)13(14)15/h4-7,10-11H,8H2,1-3H3,(H,14,15). The summed E-state index contributed by atoms with van der Waals surface area (Å²) in [5.74, 6) is -0.689. The van der Waals surface area contributed by atoms with Crippen LogP contribution >= 0.6 is 0 Å². The number of rotatable bonds is 4. The molecule has 0 aliphatic heterocycles. The summed E-state index contributed by atoms with van der Waals surface area (Å²) in [7, 11) is 0. The van der Waals surface area contributed by atoms with Gasteiger partial charge in [-0.05, 0) is 24.8 Å². The third kappa shape index (κ3) is 3.39. The van der Waals surface area contributed by atoms with Gasteiger partial charge < -0.3 is 5.11 Å². The fourth-order valence-electron chi connectivity index (χ4n) is 1.74. The average molecular weight is 206 g/mol. The summed E-state index contributed by atoms with van der Waals surface area (Å²) >= 11 is 0. The van der Waals surface area contributed by atoms with E-state index in [1.165, 1.54) is 11.1 Å². The first kappa shape index (κ1) is 11.8. The Morgan fingerprint density at radius 2 is 2.07 bits per heavy atom. The van der Waals surface area contributed by atoms with Crippen molar-refractivity contribution in [2.75, 3.05) is 0 Å². The summed E-state index contributed by atoms with van der Waals surface area (Å²) in [5, 5.41) is 8.83. The lowest BCUT2D eigenvalue weighted by Gasteiger charge is -2.15. The maximum Gasteiger partial charge on any atom is 0.306 e. The first-order valence-corrected chi connectivity index (χ1v) is 5.30. The fraction of sp³-hybridized carbons (Fsp3) is 0.462. The summed E-state index contributed by atoms with van der Waals surface area (Å²) < 4.78 is 0. The van der Waals surface area contributed by atoms with Gasteiger partial charge in [0.15, 0.2) is 0 Å². The van der Waals surface area contributed by atoms with Crippen LogP contribution in [0.2, 0.25) is 0 Å². The van der Waals surface area contributed by atoms with Crippen molar-refractivity contribution < 1.29 is 9.90 Å². The summed E-state index contributed by atoms with van der Waals surface area (Å²) in [5.41, 5.74) is 2.45. The number of carboxylic acids is 1. The number of carboxylic acid groups (broad SMARTS) is 1. The van der Waals surface area contributed by atoms with Crippen molar-refractivity contribution in [3.63, 3.8) is 0 Å². The average Bonchev–Trinajstić information content (AvgIpc) is 2.17. The zero-order valence-corrected chi connectivity index (χ0v) is 9.53. The molecule has 0 fully saturated rings. The molecule has 0 aliphatic carbocycles. The quantitative estimate of drug-likeness (QED) is 0.821. The largest absolute Gasteiger partial charge is 0.481 e. The first-order chi connectivity index (χ1) is 7.00. The molecule has 0 radical (unpaired) electrons. The van der Waals surface area contributed by atoms with E-state index in [-0.39, 0.29) is 5.92 Å². The zero-order chi connectivity index (χ0) is 11.4. The molecule has 0 heterocycles. The topological polar surface area (TPSA) is 37.3 Å². The van der Waals surface area contributed by atoms with Gasteiger partial charge in [-0.1, -0.05) is 43.7 Å². The van der Waals surface area contributed by atoms with E-state index >= 15 is 0 Å². The lowest BCUT2D eigenvalue weighted by atomic mass is 9.90. The monoisotopic (exact) mass is 206 g/mol. The number of carbonyl (C=O) groups is 1. The Morgan fingerprint density at radius 3 is 2.60 bits per heavy atom. The minimum absolute atomic E-state index is 0.277. The molecule has 1 aromatic carbocycles. The highest BCUT2D eigenvalue weighted by atomic mass is 16.4. The SMILES string of the molecule is Cc1cccc(C(C)CC(C)C(=O)O)c1. The maximum atomic E-state index is 10.7. The van der Waals surface area contributed by atoms with E-state index < -0.39 is 5.97 Å².